The molecule has 2 aromatic rings. The number of halogens is 2. The Kier molecular flexibility index (Phi) is 6.21. The van der Waals surface area contributed by atoms with Crippen LogP contribution in [0.2, 0.25) is 0 Å². The third-order valence-corrected chi connectivity index (χ3v) is 4.14. The second-order valence-corrected chi connectivity index (χ2v) is 5.88. The van der Waals surface area contributed by atoms with Crippen molar-refractivity contribution in [3.05, 3.63) is 64.4 Å². The first-order valence-corrected chi connectivity index (χ1v) is 7.87. The van der Waals surface area contributed by atoms with Crippen molar-refractivity contribution in [2.24, 2.45) is 0 Å². The van der Waals surface area contributed by atoms with Crippen molar-refractivity contribution in [3.8, 4) is 0 Å². The number of para-hydroxylation sites is 1. The van der Waals surface area contributed by atoms with Gasteiger partial charge in [0.2, 0.25) is 0 Å². The van der Waals surface area contributed by atoms with Gasteiger partial charge in [0.05, 0.1) is 0 Å². The first kappa shape index (κ1) is 16.0. The van der Waals surface area contributed by atoms with E-state index in [4.69, 9.17) is 0 Å². The van der Waals surface area contributed by atoms with E-state index in [-0.39, 0.29) is 5.82 Å². The molecule has 112 valence electrons. The third-order valence-electron chi connectivity index (χ3n) is 3.37. The summed E-state index contributed by atoms with van der Waals surface area (Å²) < 4.78 is 14.1. The number of benzene rings is 2. The fourth-order valence-corrected chi connectivity index (χ4v) is 2.54. The van der Waals surface area contributed by atoms with Gasteiger partial charge in [-0.15, -0.1) is 0 Å². The van der Waals surface area contributed by atoms with Crippen LogP contribution in [0, 0.1) is 5.82 Å². The average Bonchev–Trinajstić information content (AvgIpc) is 2.51. The van der Waals surface area contributed by atoms with E-state index in [9.17, 15) is 4.39 Å². The molecule has 0 aliphatic carbocycles. The molecule has 0 heterocycles. The zero-order chi connectivity index (χ0) is 15.1. The van der Waals surface area contributed by atoms with Crippen molar-refractivity contribution < 1.29 is 4.39 Å². The molecule has 0 aromatic heterocycles. The number of nitrogens with one attached hydrogen (secondary N) is 1. The molecule has 1 N–H and O–H groups in total. The van der Waals surface area contributed by atoms with Gasteiger partial charge in [-0.2, -0.15) is 0 Å². The first-order chi connectivity index (χ1) is 10.2. The second-order valence-electron chi connectivity index (χ2n) is 5.02. The minimum Gasteiger partial charge on any atom is -0.375 e. The quantitative estimate of drug-likeness (QED) is 0.752. The maximum absolute atomic E-state index is 13.2. The molecule has 0 saturated heterocycles. The Balaban J connectivity index is 1.69. The summed E-state index contributed by atoms with van der Waals surface area (Å²) in [6.07, 6.45) is 1.04. The van der Waals surface area contributed by atoms with Gasteiger partial charge in [0.25, 0.3) is 0 Å². The standard InChI is InChI=1S/C17H20BrFN2/c1-21(16-6-3-2-4-7-16)11-5-10-20-13-14-12-15(19)8-9-17(14)18/h2-4,6-9,12,20H,5,10-11,13H2,1H3. The molecule has 0 unspecified atom stereocenters. The summed E-state index contributed by atoms with van der Waals surface area (Å²) in [5, 5.41) is 3.35. The van der Waals surface area contributed by atoms with E-state index >= 15 is 0 Å². The van der Waals surface area contributed by atoms with Crippen LogP contribution in [-0.4, -0.2) is 20.1 Å². The van der Waals surface area contributed by atoms with E-state index < -0.39 is 0 Å². The summed E-state index contributed by atoms with van der Waals surface area (Å²) in [6.45, 7) is 2.56. The normalized spacial score (nSPS) is 10.6. The SMILES string of the molecule is CN(CCCNCc1cc(F)ccc1Br)c1ccccc1. The lowest BCUT2D eigenvalue weighted by Gasteiger charge is -2.19. The molecule has 0 spiro atoms. The van der Waals surface area contributed by atoms with Crippen LogP contribution in [0.15, 0.2) is 53.0 Å². The van der Waals surface area contributed by atoms with Gasteiger partial charge in [0.15, 0.2) is 0 Å². The van der Waals surface area contributed by atoms with Gasteiger partial charge in [-0.25, -0.2) is 4.39 Å². The molecule has 0 fully saturated rings. The van der Waals surface area contributed by atoms with E-state index in [1.54, 1.807) is 12.1 Å². The monoisotopic (exact) mass is 350 g/mol. The van der Waals surface area contributed by atoms with Crippen molar-refractivity contribution in [3.63, 3.8) is 0 Å². The van der Waals surface area contributed by atoms with Crippen molar-refractivity contribution >= 4 is 21.6 Å². The molecule has 0 bridgehead atoms. The van der Waals surface area contributed by atoms with Crippen molar-refractivity contribution in [1.29, 1.82) is 0 Å². The van der Waals surface area contributed by atoms with Crippen LogP contribution in [-0.2, 0) is 6.54 Å². The third kappa shape index (κ3) is 5.14. The number of anilines is 1. The molecule has 4 heteroatoms. The Labute approximate surface area is 134 Å². The summed E-state index contributed by atoms with van der Waals surface area (Å²) in [5.41, 5.74) is 2.18. The van der Waals surface area contributed by atoms with Crippen LogP contribution >= 0.6 is 15.9 Å². The van der Waals surface area contributed by atoms with Crippen LogP contribution in [0.25, 0.3) is 0 Å². The highest BCUT2D eigenvalue weighted by atomic mass is 79.9. The Bertz CT molecular complexity index is 560. The Morgan fingerprint density at radius 3 is 2.67 bits per heavy atom. The van der Waals surface area contributed by atoms with Crippen molar-refractivity contribution in [2.75, 3.05) is 25.0 Å². The summed E-state index contributed by atoms with van der Waals surface area (Å²) in [5.74, 6) is -0.196. The highest BCUT2D eigenvalue weighted by molar-refractivity contribution is 9.10. The first-order valence-electron chi connectivity index (χ1n) is 7.07. The van der Waals surface area contributed by atoms with Gasteiger partial charge in [0, 0.05) is 30.3 Å². The molecule has 0 saturated carbocycles. The number of rotatable bonds is 7. The fourth-order valence-electron chi connectivity index (χ4n) is 2.15. The smallest absolute Gasteiger partial charge is 0.123 e. The molecule has 0 radical (unpaired) electrons. The van der Waals surface area contributed by atoms with Gasteiger partial charge < -0.3 is 10.2 Å². The summed E-state index contributed by atoms with van der Waals surface area (Å²) in [4.78, 5) is 2.24. The number of nitrogens with zero attached hydrogens (tertiary/aromatic N) is 1. The molecule has 0 aliphatic rings. The van der Waals surface area contributed by atoms with Gasteiger partial charge >= 0.3 is 0 Å². The highest BCUT2D eigenvalue weighted by Gasteiger charge is 2.02. The van der Waals surface area contributed by atoms with Crippen LogP contribution in [0.4, 0.5) is 10.1 Å². The average molecular weight is 351 g/mol. The van der Waals surface area contributed by atoms with Crippen molar-refractivity contribution in [1.82, 2.24) is 5.32 Å². The lowest BCUT2D eigenvalue weighted by Crippen LogP contribution is -2.23. The van der Waals surface area contributed by atoms with Gasteiger partial charge in [-0.05, 0) is 48.9 Å². The topological polar surface area (TPSA) is 15.3 Å². The number of hydrogen-bond donors (Lipinski definition) is 1. The molecular weight excluding hydrogens is 331 g/mol. The van der Waals surface area contributed by atoms with Crippen LogP contribution in [0.5, 0.6) is 0 Å². The van der Waals surface area contributed by atoms with E-state index in [0.29, 0.717) is 6.54 Å². The zero-order valence-electron chi connectivity index (χ0n) is 12.2. The summed E-state index contributed by atoms with van der Waals surface area (Å²) in [7, 11) is 2.10. The highest BCUT2D eigenvalue weighted by Crippen LogP contribution is 2.17. The lowest BCUT2D eigenvalue weighted by atomic mass is 10.2. The van der Waals surface area contributed by atoms with Crippen LogP contribution in [0.3, 0.4) is 0 Å². The molecule has 2 nitrogen and oxygen atoms in total. The predicted octanol–water partition coefficient (Wildman–Crippen LogP) is 4.20. The van der Waals surface area contributed by atoms with Crippen LogP contribution in [0.1, 0.15) is 12.0 Å². The minimum atomic E-state index is -0.196. The van der Waals surface area contributed by atoms with E-state index in [0.717, 1.165) is 29.5 Å². The summed E-state index contributed by atoms with van der Waals surface area (Å²) >= 11 is 3.44. The molecule has 0 amide bonds. The van der Waals surface area contributed by atoms with Gasteiger partial charge in [0.1, 0.15) is 5.82 Å². The van der Waals surface area contributed by atoms with Crippen molar-refractivity contribution in [2.45, 2.75) is 13.0 Å². The fraction of sp³-hybridized carbons (Fsp3) is 0.294. The largest absolute Gasteiger partial charge is 0.375 e. The Morgan fingerprint density at radius 2 is 1.90 bits per heavy atom. The maximum Gasteiger partial charge on any atom is 0.123 e. The van der Waals surface area contributed by atoms with Crippen LogP contribution < -0.4 is 10.2 Å². The molecule has 0 aliphatic heterocycles. The zero-order valence-corrected chi connectivity index (χ0v) is 13.7. The number of hydrogen-bond acceptors (Lipinski definition) is 2. The van der Waals surface area contributed by atoms with E-state index in [1.807, 2.05) is 18.2 Å². The van der Waals surface area contributed by atoms with E-state index in [1.165, 1.54) is 11.8 Å². The van der Waals surface area contributed by atoms with Gasteiger partial charge in [-0.3, -0.25) is 0 Å². The summed E-state index contributed by atoms with van der Waals surface area (Å²) in [6, 6.07) is 15.1. The predicted molar refractivity (Wildman–Crippen MR) is 90.1 cm³/mol. The minimum absolute atomic E-state index is 0.196. The molecule has 21 heavy (non-hydrogen) atoms. The molecule has 2 aromatic carbocycles. The molecular formula is C17H20BrFN2. The van der Waals surface area contributed by atoms with Gasteiger partial charge in [-0.1, -0.05) is 34.1 Å². The lowest BCUT2D eigenvalue weighted by molar-refractivity contribution is 0.614. The van der Waals surface area contributed by atoms with E-state index in [2.05, 4.69) is 45.3 Å². The molecule has 2 rings (SSSR count). The maximum atomic E-state index is 13.2. The molecule has 0 atom stereocenters. The second kappa shape index (κ2) is 8.15. The Hall–Kier alpha value is -1.39. The Morgan fingerprint density at radius 1 is 1.14 bits per heavy atom.